The number of hydrogen-bond acceptors (Lipinski definition) is 5. The Morgan fingerprint density at radius 3 is 2.37 bits per heavy atom. The molecule has 35 heavy (non-hydrogen) atoms. The maximum absolute atomic E-state index is 13.0. The molecule has 0 bridgehead atoms. The molecule has 4 rings (SSSR count). The number of nitrogens with one attached hydrogen (secondary N) is 2. The Balaban J connectivity index is 1.47. The summed E-state index contributed by atoms with van der Waals surface area (Å²) in [5.41, 5.74) is 3.00. The molecule has 2 N–H and O–H groups in total. The molecule has 180 valence electrons. The van der Waals surface area contributed by atoms with Gasteiger partial charge in [-0.15, -0.1) is 0 Å². The van der Waals surface area contributed by atoms with Crippen LogP contribution in [-0.2, 0) is 20.7 Å². The fraction of sp³-hybridized carbons (Fsp3) is 0.167. The number of benzene rings is 2. The number of amides is 2. The van der Waals surface area contributed by atoms with Crippen molar-refractivity contribution >= 4 is 46.4 Å². The molecule has 11 heteroatoms. The average Bonchev–Trinajstić information content (AvgIpc) is 3.36. The van der Waals surface area contributed by atoms with E-state index in [0.29, 0.717) is 27.0 Å². The van der Waals surface area contributed by atoms with Crippen molar-refractivity contribution in [2.24, 2.45) is 14.1 Å². The zero-order chi connectivity index (χ0) is 25.1. The monoisotopic (exact) mass is 512 g/mol. The van der Waals surface area contributed by atoms with E-state index in [-0.39, 0.29) is 18.0 Å². The molecule has 2 aromatic carbocycles. The lowest BCUT2D eigenvalue weighted by molar-refractivity contribution is 0.101. The minimum atomic E-state index is -0.419. The van der Waals surface area contributed by atoms with Crippen molar-refractivity contribution in [1.29, 1.82) is 0 Å². The number of halogens is 2. The molecule has 0 aliphatic rings. The van der Waals surface area contributed by atoms with Crippen molar-refractivity contribution in [2.75, 3.05) is 10.6 Å². The molecule has 0 fully saturated rings. The maximum Gasteiger partial charge on any atom is 0.276 e. The van der Waals surface area contributed by atoms with Gasteiger partial charge in [0.2, 0.25) is 0 Å². The number of rotatable bonds is 7. The van der Waals surface area contributed by atoms with Gasteiger partial charge in [0.1, 0.15) is 23.1 Å². The van der Waals surface area contributed by atoms with Crippen molar-refractivity contribution in [3.8, 4) is 5.75 Å². The van der Waals surface area contributed by atoms with Crippen LogP contribution in [0.3, 0.4) is 0 Å². The van der Waals surface area contributed by atoms with Crippen molar-refractivity contribution in [1.82, 2.24) is 19.6 Å². The average molecular weight is 513 g/mol. The lowest BCUT2D eigenvalue weighted by Gasteiger charge is -2.11. The van der Waals surface area contributed by atoms with Crippen molar-refractivity contribution in [3.05, 3.63) is 87.4 Å². The molecule has 4 aromatic rings. The summed E-state index contributed by atoms with van der Waals surface area (Å²) in [5.74, 6) is -0.368. The van der Waals surface area contributed by atoms with Crippen LogP contribution in [0.1, 0.15) is 32.1 Å². The first kappa shape index (κ1) is 24.3. The van der Waals surface area contributed by atoms with E-state index in [1.54, 1.807) is 61.4 Å². The Morgan fingerprint density at radius 1 is 0.943 bits per heavy atom. The molecule has 0 aliphatic heterocycles. The molecule has 2 heterocycles. The van der Waals surface area contributed by atoms with Gasteiger partial charge in [0.05, 0.1) is 34.5 Å². The summed E-state index contributed by atoms with van der Waals surface area (Å²) in [6, 6.07) is 12.1. The summed E-state index contributed by atoms with van der Waals surface area (Å²) < 4.78 is 8.81. The molecule has 0 saturated heterocycles. The van der Waals surface area contributed by atoms with Crippen LogP contribution < -0.4 is 15.4 Å². The molecule has 9 nitrogen and oxygen atoms in total. The minimum Gasteiger partial charge on any atom is -0.487 e. The fourth-order valence-corrected chi connectivity index (χ4v) is 3.70. The Hall–Kier alpha value is -3.82. The van der Waals surface area contributed by atoms with Crippen LogP contribution in [0.5, 0.6) is 5.75 Å². The molecule has 0 radical (unpaired) electrons. The molecule has 0 atom stereocenters. The van der Waals surface area contributed by atoms with E-state index >= 15 is 0 Å². The van der Waals surface area contributed by atoms with Crippen molar-refractivity contribution in [2.45, 2.75) is 13.5 Å². The number of ether oxygens (including phenoxy) is 1. The molecule has 0 unspecified atom stereocenters. The van der Waals surface area contributed by atoms with Gasteiger partial charge in [-0.2, -0.15) is 10.2 Å². The first-order valence-electron chi connectivity index (χ1n) is 10.5. The van der Waals surface area contributed by atoms with Gasteiger partial charge in [-0.05, 0) is 36.8 Å². The van der Waals surface area contributed by atoms with Gasteiger partial charge in [0, 0.05) is 19.7 Å². The Bertz CT molecular complexity index is 1410. The summed E-state index contributed by atoms with van der Waals surface area (Å²) in [6.07, 6.45) is 2.99. The first-order valence-corrected chi connectivity index (χ1v) is 11.3. The number of aromatic nitrogens is 4. The molecule has 2 amide bonds. The third-order valence-electron chi connectivity index (χ3n) is 5.39. The molecule has 2 aromatic heterocycles. The summed E-state index contributed by atoms with van der Waals surface area (Å²) >= 11 is 12.2. The highest BCUT2D eigenvalue weighted by Gasteiger charge is 2.21. The Labute approximate surface area is 211 Å². The lowest BCUT2D eigenvalue weighted by atomic mass is 10.1. The first-order chi connectivity index (χ1) is 16.7. The number of hydrogen-bond donors (Lipinski definition) is 2. The van der Waals surface area contributed by atoms with E-state index in [9.17, 15) is 9.59 Å². The highest BCUT2D eigenvalue weighted by molar-refractivity contribution is 6.42. The second kappa shape index (κ2) is 10.2. The smallest absolute Gasteiger partial charge is 0.276 e. The van der Waals surface area contributed by atoms with Gasteiger partial charge < -0.3 is 15.4 Å². The predicted molar refractivity (Wildman–Crippen MR) is 134 cm³/mol. The number of aryl methyl sites for hydroxylation is 2. The largest absolute Gasteiger partial charge is 0.487 e. The van der Waals surface area contributed by atoms with E-state index < -0.39 is 11.8 Å². The number of nitrogens with zero attached hydrogens (tertiary/aromatic N) is 4. The fourth-order valence-electron chi connectivity index (χ4n) is 3.35. The van der Waals surface area contributed by atoms with Crippen molar-refractivity contribution < 1.29 is 14.3 Å². The third-order valence-corrected chi connectivity index (χ3v) is 6.19. The maximum atomic E-state index is 13.0. The third kappa shape index (κ3) is 5.31. The predicted octanol–water partition coefficient (Wildman–Crippen LogP) is 4.85. The van der Waals surface area contributed by atoms with Gasteiger partial charge in [-0.3, -0.25) is 19.0 Å². The normalized spacial score (nSPS) is 10.8. The molecular weight excluding hydrogens is 491 g/mol. The zero-order valence-corrected chi connectivity index (χ0v) is 20.7. The Kier molecular flexibility index (Phi) is 7.09. The van der Waals surface area contributed by atoms with Crippen LogP contribution >= 0.6 is 23.2 Å². The summed E-state index contributed by atoms with van der Waals surface area (Å²) in [7, 11) is 3.41. The van der Waals surface area contributed by atoms with E-state index in [1.165, 1.54) is 10.9 Å². The van der Waals surface area contributed by atoms with E-state index in [0.717, 1.165) is 11.3 Å². The van der Waals surface area contributed by atoms with Crippen LogP contribution in [0.4, 0.5) is 11.4 Å². The minimum absolute atomic E-state index is 0.187. The highest BCUT2D eigenvalue weighted by atomic mass is 35.5. The van der Waals surface area contributed by atoms with Crippen molar-refractivity contribution in [3.63, 3.8) is 0 Å². The van der Waals surface area contributed by atoms with Gasteiger partial charge in [-0.1, -0.05) is 41.4 Å². The zero-order valence-electron chi connectivity index (χ0n) is 19.2. The second-order valence-electron chi connectivity index (χ2n) is 7.75. The Morgan fingerprint density at radius 2 is 1.63 bits per heavy atom. The van der Waals surface area contributed by atoms with Crippen LogP contribution in [0, 0.1) is 6.92 Å². The number of carbonyl (C=O) groups is 2. The van der Waals surface area contributed by atoms with E-state index in [2.05, 4.69) is 20.8 Å². The number of carbonyl (C=O) groups excluding carboxylic acids is 2. The molecule has 0 aliphatic carbocycles. The highest BCUT2D eigenvalue weighted by Crippen LogP contribution is 2.32. The van der Waals surface area contributed by atoms with Crippen LogP contribution in [0.15, 0.2) is 54.9 Å². The van der Waals surface area contributed by atoms with Crippen LogP contribution in [0.25, 0.3) is 0 Å². The molecule has 0 spiro atoms. The van der Waals surface area contributed by atoms with Crippen LogP contribution in [0.2, 0.25) is 10.0 Å². The second-order valence-corrected chi connectivity index (χ2v) is 8.53. The molecular formula is C24H22Cl2N6O3. The SMILES string of the molecule is Cc1c(NC(=O)c2c(NC(=O)c3cccc(COc4cccc(Cl)c4Cl)c3)cnn2C)cnn1C. The molecule has 0 saturated carbocycles. The summed E-state index contributed by atoms with van der Waals surface area (Å²) in [5, 5.41) is 14.5. The van der Waals surface area contributed by atoms with Gasteiger partial charge in [0.15, 0.2) is 0 Å². The quantitative estimate of drug-likeness (QED) is 0.368. The van der Waals surface area contributed by atoms with Gasteiger partial charge >= 0.3 is 0 Å². The van der Waals surface area contributed by atoms with Gasteiger partial charge in [0.25, 0.3) is 11.8 Å². The standard InChI is InChI=1S/C24H22Cl2N6O3/c1-14-18(11-27-31(14)2)29-24(34)22-19(12-28-32(22)3)30-23(33)16-7-4-6-15(10-16)13-35-20-9-5-8-17(25)21(20)26/h4-12H,13H2,1-3H3,(H,29,34)(H,30,33). The topological polar surface area (TPSA) is 103 Å². The number of anilines is 2. The van der Waals surface area contributed by atoms with Crippen LogP contribution in [-0.4, -0.2) is 31.4 Å². The van der Waals surface area contributed by atoms with E-state index in [1.807, 2.05) is 13.0 Å². The van der Waals surface area contributed by atoms with Gasteiger partial charge in [-0.25, -0.2) is 0 Å². The summed E-state index contributed by atoms with van der Waals surface area (Å²) in [4.78, 5) is 25.9. The van der Waals surface area contributed by atoms with E-state index in [4.69, 9.17) is 27.9 Å². The lowest BCUT2D eigenvalue weighted by Crippen LogP contribution is -2.20. The summed E-state index contributed by atoms with van der Waals surface area (Å²) in [6.45, 7) is 2.03.